The van der Waals surface area contributed by atoms with Crippen molar-refractivity contribution in [1.82, 2.24) is 15.8 Å². The van der Waals surface area contributed by atoms with Crippen LogP contribution in [0.5, 0.6) is 0 Å². The number of carbonyl (C=O) groups is 4. The second-order valence-corrected chi connectivity index (χ2v) is 4.64. The molecule has 0 atom stereocenters. The highest BCUT2D eigenvalue weighted by atomic mass is 16.5. The van der Waals surface area contributed by atoms with Gasteiger partial charge in [0.2, 0.25) is 0 Å². The number of esters is 1. The third-order valence-corrected chi connectivity index (χ3v) is 3.02. The van der Waals surface area contributed by atoms with Gasteiger partial charge in [-0.15, -0.1) is 0 Å². The molecule has 2 aromatic rings. The molecule has 0 saturated heterocycles. The van der Waals surface area contributed by atoms with Crippen LogP contribution >= 0.6 is 0 Å². The van der Waals surface area contributed by atoms with Gasteiger partial charge < -0.3 is 10.1 Å². The Kier molecular flexibility index (Phi) is 5.77. The van der Waals surface area contributed by atoms with E-state index in [1.165, 1.54) is 43.8 Å². The van der Waals surface area contributed by atoms with Gasteiger partial charge in [-0.3, -0.25) is 30.2 Å². The number of nitrogens with zero attached hydrogens (tertiary/aromatic N) is 1. The Balaban J connectivity index is 1.96. The Hall–Kier alpha value is -3.75. The highest BCUT2D eigenvalue weighted by Crippen LogP contribution is 2.15. The Morgan fingerprint density at radius 1 is 0.920 bits per heavy atom. The monoisotopic (exact) mass is 342 g/mol. The molecule has 3 amide bonds. The number of aromatic nitrogens is 1. The molecule has 0 radical (unpaired) electrons. The van der Waals surface area contributed by atoms with Crippen LogP contribution in [0.2, 0.25) is 0 Å². The van der Waals surface area contributed by atoms with Gasteiger partial charge in [0.15, 0.2) is 0 Å². The number of carbonyl (C=O) groups excluding carboxylic acids is 4. The van der Waals surface area contributed by atoms with Gasteiger partial charge in [0, 0.05) is 18.0 Å². The molecule has 128 valence electrons. The van der Waals surface area contributed by atoms with Crippen molar-refractivity contribution in [3.63, 3.8) is 0 Å². The maximum absolute atomic E-state index is 11.9. The molecule has 2 rings (SSSR count). The van der Waals surface area contributed by atoms with Gasteiger partial charge in [-0.2, -0.15) is 0 Å². The van der Waals surface area contributed by atoms with Gasteiger partial charge >= 0.3 is 17.8 Å². The Morgan fingerprint density at radius 2 is 1.60 bits per heavy atom. The standard InChI is InChI=1S/C16H14N4O5/c1-25-16(24)11-4-2-3-5-12(11)18-14(22)15(23)20-19-13(21)10-6-8-17-9-7-10/h2-9H,1H3,(H,18,22)(H,19,21)(H,20,23). The summed E-state index contributed by atoms with van der Waals surface area (Å²) in [6.07, 6.45) is 2.82. The third-order valence-electron chi connectivity index (χ3n) is 3.02. The van der Waals surface area contributed by atoms with E-state index in [9.17, 15) is 19.2 Å². The largest absolute Gasteiger partial charge is 0.465 e. The topological polar surface area (TPSA) is 126 Å². The number of para-hydroxylation sites is 1. The second kappa shape index (κ2) is 8.20. The highest BCUT2D eigenvalue weighted by Gasteiger charge is 2.18. The van der Waals surface area contributed by atoms with Gasteiger partial charge in [-0.05, 0) is 24.3 Å². The molecule has 9 heteroatoms. The summed E-state index contributed by atoms with van der Waals surface area (Å²) in [5.41, 5.74) is 4.52. The van der Waals surface area contributed by atoms with Crippen molar-refractivity contribution in [2.24, 2.45) is 0 Å². The van der Waals surface area contributed by atoms with Crippen LogP contribution in [0.25, 0.3) is 0 Å². The average Bonchev–Trinajstić information content (AvgIpc) is 2.66. The predicted octanol–water partition coefficient (Wildman–Crippen LogP) is 0.268. The van der Waals surface area contributed by atoms with E-state index in [0.717, 1.165) is 0 Å². The molecule has 25 heavy (non-hydrogen) atoms. The smallest absolute Gasteiger partial charge is 0.339 e. The minimum atomic E-state index is -1.11. The van der Waals surface area contributed by atoms with Gasteiger partial charge in [0.05, 0.1) is 18.4 Å². The lowest BCUT2D eigenvalue weighted by Gasteiger charge is -2.10. The van der Waals surface area contributed by atoms with Crippen LogP contribution < -0.4 is 16.2 Å². The van der Waals surface area contributed by atoms with E-state index in [1.807, 2.05) is 5.43 Å². The van der Waals surface area contributed by atoms with Gasteiger partial charge in [-0.25, -0.2) is 4.79 Å². The number of ether oxygens (including phenoxy) is 1. The first kappa shape index (κ1) is 17.6. The van der Waals surface area contributed by atoms with E-state index < -0.39 is 23.7 Å². The van der Waals surface area contributed by atoms with Crippen LogP contribution in [0.1, 0.15) is 20.7 Å². The van der Waals surface area contributed by atoms with E-state index in [2.05, 4.69) is 20.5 Å². The Bertz CT molecular complexity index is 807. The number of rotatable bonds is 3. The summed E-state index contributed by atoms with van der Waals surface area (Å²) >= 11 is 0. The third kappa shape index (κ3) is 4.61. The van der Waals surface area contributed by atoms with Crippen LogP contribution in [0.15, 0.2) is 48.8 Å². The number of pyridine rings is 1. The number of hydrogen-bond acceptors (Lipinski definition) is 6. The Morgan fingerprint density at radius 3 is 2.28 bits per heavy atom. The quantitative estimate of drug-likeness (QED) is 0.417. The molecule has 0 spiro atoms. The molecule has 1 heterocycles. The summed E-state index contributed by atoms with van der Waals surface area (Å²) < 4.78 is 4.59. The summed E-state index contributed by atoms with van der Waals surface area (Å²) in [5, 5.41) is 2.28. The maximum Gasteiger partial charge on any atom is 0.339 e. The van der Waals surface area contributed by atoms with Crippen molar-refractivity contribution >= 4 is 29.4 Å². The first-order chi connectivity index (χ1) is 12.0. The molecule has 1 aromatic heterocycles. The number of amides is 3. The maximum atomic E-state index is 11.9. The molecule has 0 saturated carbocycles. The summed E-state index contributed by atoms with van der Waals surface area (Å²) in [4.78, 5) is 50.8. The summed E-state index contributed by atoms with van der Waals surface area (Å²) in [7, 11) is 1.20. The van der Waals surface area contributed by atoms with Crippen LogP contribution in [0.3, 0.4) is 0 Å². The zero-order chi connectivity index (χ0) is 18.2. The SMILES string of the molecule is COC(=O)c1ccccc1NC(=O)C(=O)NNC(=O)c1ccncc1. The van der Waals surface area contributed by atoms with E-state index in [1.54, 1.807) is 12.1 Å². The van der Waals surface area contributed by atoms with Crippen LogP contribution in [-0.4, -0.2) is 35.8 Å². The molecule has 0 aliphatic carbocycles. The number of benzene rings is 1. The summed E-state index contributed by atoms with van der Waals surface area (Å²) in [6.45, 7) is 0. The number of nitrogens with one attached hydrogen (secondary N) is 3. The minimum Gasteiger partial charge on any atom is -0.465 e. The summed E-state index contributed by atoms with van der Waals surface area (Å²) in [5.74, 6) is -3.45. The zero-order valence-corrected chi connectivity index (χ0v) is 13.1. The lowest BCUT2D eigenvalue weighted by Crippen LogP contribution is -2.46. The van der Waals surface area contributed by atoms with Crippen LogP contribution in [-0.2, 0) is 14.3 Å². The zero-order valence-electron chi connectivity index (χ0n) is 13.1. The van der Waals surface area contributed by atoms with Crippen molar-refractivity contribution in [2.45, 2.75) is 0 Å². The van der Waals surface area contributed by atoms with Crippen LogP contribution in [0, 0.1) is 0 Å². The normalized spacial score (nSPS) is 9.64. The summed E-state index contributed by atoms with van der Waals surface area (Å²) in [6, 6.07) is 8.90. The van der Waals surface area contributed by atoms with Crippen molar-refractivity contribution in [2.75, 3.05) is 12.4 Å². The molecule has 0 fully saturated rings. The first-order valence-corrected chi connectivity index (χ1v) is 7.02. The molecule has 9 nitrogen and oxygen atoms in total. The van der Waals surface area contributed by atoms with Crippen molar-refractivity contribution < 1.29 is 23.9 Å². The Labute approximate surface area is 142 Å². The highest BCUT2D eigenvalue weighted by molar-refractivity contribution is 6.40. The fraction of sp³-hybridized carbons (Fsp3) is 0.0625. The first-order valence-electron chi connectivity index (χ1n) is 7.02. The molecule has 0 unspecified atom stereocenters. The number of anilines is 1. The second-order valence-electron chi connectivity index (χ2n) is 4.64. The van der Waals surface area contributed by atoms with E-state index in [0.29, 0.717) is 0 Å². The molecular weight excluding hydrogens is 328 g/mol. The molecular formula is C16H14N4O5. The van der Waals surface area contributed by atoms with E-state index >= 15 is 0 Å². The lowest BCUT2D eigenvalue weighted by molar-refractivity contribution is -0.136. The van der Waals surface area contributed by atoms with Crippen molar-refractivity contribution in [3.8, 4) is 0 Å². The van der Waals surface area contributed by atoms with Crippen LogP contribution in [0.4, 0.5) is 5.69 Å². The van der Waals surface area contributed by atoms with Crippen molar-refractivity contribution in [3.05, 3.63) is 59.9 Å². The van der Waals surface area contributed by atoms with Gasteiger partial charge in [0.1, 0.15) is 0 Å². The van der Waals surface area contributed by atoms with Gasteiger partial charge in [-0.1, -0.05) is 12.1 Å². The number of hydrazine groups is 1. The fourth-order valence-electron chi connectivity index (χ4n) is 1.80. The molecule has 1 aromatic carbocycles. The molecule has 3 N–H and O–H groups in total. The van der Waals surface area contributed by atoms with E-state index in [-0.39, 0.29) is 16.8 Å². The van der Waals surface area contributed by atoms with Gasteiger partial charge in [0.25, 0.3) is 5.91 Å². The minimum absolute atomic E-state index is 0.0898. The number of methoxy groups -OCH3 is 1. The predicted molar refractivity (Wildman–Crippen MR) is 86.3 cm³/mol. The average molecular weight is 342 g/mol. The van der Waals surface area contributed by atoms with E-state index in [4.69, 9.17) is 0 Å². The molecule has 0 aliphatic heterocycles. The number of hydrogen-bond donors (Lipinski definition) is 3. The lowest BCUT2D eigenvalue weighted by atomic mass is 10.2. The molecule has 0 bridgehead atoms. The fourth-order valence-corrected chi connectivity index (χ4v) is 1.80. The molecule has 0 aliphatic rings. The van der Waals surface area contributed by atoms with Crippen molar-refractivity contribution in [1.29, 1.82) is 0 Å².